The Morgan fingerprint density at radius 3 is 3.00 bits per heavy atom. The van der Waals surface area contributed by atoms with Crippen LogP contribution >= 0.6 is 0 Å². The summed E-state index contributed by atoms with van der Waals surface area (Å²) in [6.07, 6.45) is 0.310. The van der Waals surface area contributed by atoms with Crippen molar-refractivity contribution in [1.29, 1.82) is 0 Å². The van der Waals surface area contributed by atoms with Gasteiger partial charge in [-0.15, -0.1) is 0 Å². The molecule has 9 nitrogen and oxygen atoms in total. The lowest BCUT2D eigenvalue weighted by Gasteiger charge is -2.05. The number of aliphatic hydroxyl groups is 1. The van der Waals surface area contributed by atoms with Crippen molar-refractivity contribution >= 4 is 11.9 Å². The Morgan fingerprint density at radius 1 is 1.55 bits per heavy atom. The highest BCUT2D eigenvalue weighted by atomic mass is 16.5. The van der Waals surface area contributed by atoms with Gasteiger partial charge in [-0.25, -0.2) is 4.79 Å². The number of carbonyl (C=O) groups is 2. The second-order valence-electron chi connectivity index (χ2n) is 4.50. The molecule has 4 N–H and O–H groups in total. The largest absolute Gasteiger partial charge is 0.479 e. The fourth-order valence-electron chi connectivity index (χ4n) is 1.89. The molecule has 0 aliphatic carbocycles. The van der Waals surface area contributed by atoms with E-state index in [1.807, 2.05) is 0 Å². The van der Waals surface area contributed by atoms with Crippen LogP contribution in [0.3, 0.4) is 0 Å². The maximum absolute atomic E-state index is 11.7. The zero-order valence-electron chi connectivity index (χ0n) is 10.7. The zero-order chi connectivity index (χ0) is 14.5. The number of nitrogens with one attached hydrogen (secondary N) is 2. The number of rotatable bonds is 6. The van der Waals surface area contributed by atoms with Crippen LogP contribution in [-0.2, 0) is 4.79 Å². The number of aliphatic hydroxyl groups excluding tert-OH is 1. The molecule has 0 spiro atoms. The Bertz CT molecular complexity index is 483. The van der Waals surface area contributed by atoms with E-state index in [0.717, 1.165) is 19.4 Å². The Kier molecular flexibility index (Phi) is 4.64. The molecule has 0 aromatic carbocycles. The van der Waals surface area contributed by atoms with E-state index in [4.69, 9.17) is 14.7 Å². The number of amides is 1. The SMILES string of the molecule is O=C(NCC[C@H](O)C(=O)O)c1noc(C2CCCN2)n1. The van der Waals surface area contributed by atoms with Crippen molar-refractivity contribution in [3.05, 3.63) is 11.7 Å². The summed E-state index contributed by atoms with van der Waals surface area (Å²) in [7, 11) is 0. The topological polar surface area (TPSA) is 138 Å². The van der Waals surface area contributed by atoms with E-state index in [2.05, 4.69) is 20.8 Å². The van der Waals surface area contributed by atoms with Crippen LogP contribution in [0.2, 0.25) is 0 Å². The van der Waals surface area contributed by atoms with Crippen molar-refractivity contribution in [2.75, 3.05) is 13.1 Å². The molecule has 2 rings (SSSR count). The Hall–Kier alpha value is -2.00. The number of carboxylic acid groups (broad SMARTS) is 1. The summed E-state index contributed by atoms with van der Waals surface area (Å²) in [5.74, 6) is -1.61. The average molecular weight is 284 g/mol. The summed E-state index contributed by atoms with van der Waals surface area (Å²) in [6.45, 7) is 0.888. The molecule has 0 saturated carbocycles. The molecule has 20 heavy (non-hydrogen) atoms. The lowest BCUT2D eigenvalue weighted by Crippen LogP contribution is -2.30. The third-order valence-corrected chi connectivity index (χ3v) is 2.99. The minimum absolute atomic E-state index is 0.0118. The third-order valence-electron chi connectivity index (χ3n) is 2.99. The average Bonchev–Trinajstić information content (AvgIpc) is 3.08. The van der Waals surface area contributed by atoms with E-state index in [9.17, 15) is 9.59 Å². The second-order valence-corrected chi connectivity index (χ2v) is 4.50. The lowest BCUT2D eigenvalue weighted by atomic mass is 10.2. The highest BCUT2D eigenvalue weighted by Gasteiger charge is 2.24. The van der Waals surface area contributed by atoms with Gasteiger partial charge >= 0.3 is 5.97 Å². The van der Waals surface area contributed by atoms with E-state index in [0.29, 0.717) is 5.89 Å². The first-order valence-electron chi connectivity index (χ1n) is 6.34. The summed E-state index contributed by atoms with van der Waals surface area (Å²) in [5, 5.41) is 26.7. The third kappa shape index (κ3) is 3.52. The molecule has 1 aromatic heterocycles. The van der Waals surface area contributed by atoms with Crippen LogP contribution in [0.25, 0.3) is 0 Å². The molecule has 1 aliphatic heterocycles. The summed E-state index contributed by atoms with van der Waals surface area (Å²) in [6, 6.07) is -0.0158. The van der Waals surface area contributed by atoms with Gasteiger partial charge in [-0.05, 0) is 19.4 Å². The van der Waals surface area contributed by atoms with Gasteiger partial charge in [0.05, 0.1) is 6.04 Å². The van der Waals surface area contributed by atoms with E-state index in [1.165, 1.54) is 0 Å². The molecule has 1 aromatic rings. The minimum atomic E-state index is -1.50. The number of hydrogen-bond acceptors (Lipinski definition) is 7. The van der Waals surface area contributed by atoms with E-state index < -0.39 is 18.0 Å². The van der Waals surface area contributed by atoms with Crippen LogP contribution in [0, 0.1) is 0 Å². The number of aliphatic carboxylic acids is 1. The van der Waals surface area contributed by atoms with Gasteiger partial charge in [0.1, 0.15) is 0 Å². The number of aromatic nitrogens is 2. The van der Waals surface area contributed by atoms with Crippen LogP contribution < -0.4 is 10.6 Å². The second kappa shape index (κ2) is 6.44. The first-order chi connectivity index (χ1) is 9.58. The Labute approximate surface area is 114 Å². The predicted octanol–water partition coefficient (Wildman–Crippen LogP) is -0.940. The fraction of sp³-hybridized carbons (Fsp3) is 0.636. The predicted molar refractivity (Wildman–Crippen MR) is 64.9 cm³/mol. The van der Waals surface area contributed by atoms with Gasteiger partial charge in [-0.3, -0.25) is 4.79 Å². The zero-order valence-corrected chi connectivity index (χ0v) is 10.7. The van der Waals surface area contributed by atoms with Crippen molar-refractivity contribution in [3.63, 3.8) is 0 Å². The van der Waals surface area contributed by atoms with E-state index in [1.54, 1.807) is 0 Å². The molecular formula is C11H16N4O5. The lowest BCUT2D eigenvalue weighted by molar-refractivity contribution is -0.146. The van der Waals surface area contributed by atoms with Crippen molar-refractivity contribution in [2.45, 2.75) is 31.4 Å². The van der Waals surface area contributed by atoms with Crippen LogP contribution in [-0.4, -0.2) is 51.4 Å². The van der Waals surface area contributed by atoms with Gasteiger partial charge in [0.25, 0.3) is 11.7 Å². The van der Waals surface area contributed by atoms with Gasteiger partial charge in [0.2, 0.25) is 5.89 Å². The molecule has 1 saturated heterocycles. The van der Waals surface area contributed by atoms with Gasteiger partial charge < -0.3 is 25.4 Å². The molecule has 1 fully saturated rings. The normalized spacial score (nSPS) is 19.8. The number of carboxylic acids is 1. The summed E-state index contributed by atoms with van der Waals surface area (Å²) < 4.78 is 5.01. The first kappa shape index (κ1) is 14.4. The van der Waals surface area contributed by atoms with E-state index in [-0.39, 0.29) is 24.8 Å². The molecule has 2 heterocycles. The van der Waals surface area contributed by atoms with E-state index >= 15 is 0 Å². The van der Waals surface area contributed by atoms with Crippen molar-refractivity contribution in [2.24, 2.45) is 0 Å². The van der Waals surface area contributed by atoms with Gasteiger partial charge in [-0.1, -0.05) is 5.16 Å². The van der Waals surface area contributed by atoms with Crippen molar-refractivity contribution < 1.29 is 24.3 Å². The van der Waals surface area contributed by atoms with Crippen molar-refractivity contribution in [1.82, 2.24) is 20.8 Å². The summed E-state index contributed by atoms with van der Waals surface area (Å²) in [4.78, 5) is 26.1. The molecule has 1 amide bonds. The number of hydrogen-bond donors (Lipinski definition) is 4. The van der Waals surface area contributed by atoms with Crippen LogP contribution in [0.4, 0.5) is 0 Å². The summed E-state index contributed by atoms with van der Waals surface area (Å²) >= 11 is 0. The number of nitrogens with zero attached hydrogens (tertiary/aromatic N) is 2. The Balaban J connectivity index is 1.82. The molecule has 2 atom stereocenters. The molecule has 110 valence electrons. The van der Waals surface area contributed by atoms with Crippen LogP contribution in [0.15, 0.2) is 4.52 Å². The highest BCUT2D eigenvalue weighted by Crippen LogP contribution is 2.20. The molecule has 9 heteroatoms. The van der Waals surface area contributed by atoms with Crippen molar-refractivity contribution in [3.8, 4) is 0 Å². The Morgan fingerprint density at radius 2 is 2.35 bits per heavy atom. The standard InChI is InChI=1S/C11H16N4O5/c16-7(11(18)19)3-5-13-9(17)8-14-10(20-15-8)6-2-1-4-12-6/h6-7,12,16H,1-5H2,(H,13,17)(H,18,19)/t6?,7-/m0/s1. The molecule has 0 bridgehead atoms. The summed E-state index contributed by atoms with van der Waals surface area (Å²) in [5.41, 5.74) is 0. The smallest absolute Gasteiger partial charge is 0.332 e. The van der Waals surface area contributed by atoms with Gasteiger partial charge in [0.15, 0.2) is 6.10 Å². The van der Waals surface area contributed by atoms with Crippen LogP contribution in [0.1, 0.15) is 41.8 Å². The van der Waals surface area contributed by atoms with Gasteiger partial charge in [0, 0.05) is 13.0 Å². The fourth-order valence-corrected chi connectivity index (χ4v) is 1.89. The molecular weight excluding hydrogens is 268 g/mol. The van der Waals surface area contributed by atoms with Gasteiger partial charge in [-0.2, -0.15) is 4.98 Å². The maximum atomic E-state index is 11.7. The highest BCUT2D eigenvalue weighted by molar-refractivity contribution is 5.90. The minimum Gasteiger partial charge on any atom is -0.479 e. The molecule has 1 aliphatic rings. The maximum Gasteiger partial charge on any atom is 0.332 e. The monoisotopic (exact) mass is 284 g/mol. The quantitative estimate of drug-likeness (QED) is 0.525. The molecule has 0 radical (unpaired) electrons. The molecule has 1 unspecified atom stereocenters. The number of carbonyl (C=O) groups excluding carboxylic acids is 1. The first-order valence-corrected chi connectivity index (χ1v) is 6.34. The van der Waals surface area contributed by atoms with Crippen LogP contribution in [0.5, 0.6) is 0 Å².